The van der Waals surface area contributed by atoms with Crippen LogP contribution in [0.1, 0.15) is 57.8 Å². The van der Waals surface area contributed by atoms with E-state index >= 15 is 0 Å². The molecular formula is C27H32F4N6. The molecule has 1 aliphatic heterocycles. The number of imidazole rings is 1. The SMILES string of the molecule is FC(F)(F)CC(=C1CCC1)N1CCCCC1.Fc1ccc2ncc(-c3nccc(NCC4CC4)n3)n2c1. The number of rotatable bonds is 6. The highest BCUT2D eigenvalue weighted by molar-refractivity contribution is 5.58. The number of fused-ring (bicyclic) bond motifs is 1. The van der Waals surface area contributed by atoms with Crippen LogP contribution in [0.4, 0.5) is 23.4 Å². The second-order valence-corrected chi connectivity index (χ2v) is 10.1. The van der Waals surface area contributed by atoms with Crippen molar-refractivity contribution >= 4 is 11.5 Å². The predicted molar refractivity (Wildman–Crippen MR) is 134 cm³/mol. The maximum absolute atomic E-state index is 13.4. The van der Waals surface area contributed by atoms with Gasteiger partial charge in [0.15, 0.2) is 5.82 Å². The van der Waals surface area contributed by atoms with E-state index in [9.17, 15) is 17.6 Å². The Morgan fingerprint density at radius 1 is 1.00 bits per heavy atom. The first kappa shape index (κ1) is 25.5. The molecule has 0 atom stereocenters. The number of pyridine rings is 1. The minimum absolute atomic E-state index is 0.315. The average molecular weight is 517 g/mol. The molecule has 0 spiro atoms. The van der Waals surface area contributed by atoms with Crippen molar-refractivity contribution in [1.82, 2.24) is 24.3 Å². The third kappa shape index (κ3) is 6.78. The zero-order valence-electron chi connectivity index (χ0n) is 20.8. The molecule has 3 aliphatic rings. The van der Waals surface area contributed by atoms with Crippen LogP contribution in [-0.4, -0.2) is 50.1 Å². The number of hydrogen-bond donors (Lipinski definition) is 1. The Balaban J connectivity index is 0.000000158. The van der Waals surface area contributed by atoms with Crippen LogP contribution in [0.3, 0.4) is 0 Å². The topological polar surface area (TPSA) is 58.4 Å². The second kappa shape index (κ2) is 11.1. The molecule has 2 saturated carbocycles. The van der Waals surface area contributed by atoms with Gasteiger partial charge in [-0.05, 0) is 75.5 Å². The predicted octanol–water partition coefficient (Wildman–Crippen LogP) is 6.62. The number of nitrogens with one attached hydrogen (secondary N) is 1. The summed E-state index contributed by atoms with van der Waals surface area (Å²) in [6, 6.07) is 4.87. The van der Waals surface area contributed by atoms with Crippen molar-refractivity contribution in [3.05, 3.63) is 53.9 Å². The number of halogens is 4. The molecule has 0 amide bonds. The molecule has 6 nitrogen and oxygen atoms in total. The molecule has 1 N–H and O–H groups in total. The van der Waals surface area contributed by atoms with E-state index in [0.717, 1.165) is 75.5 Å². The number of allylic oxidation sites excluding steroid dienone is 2. The van der Waals surface area contributed by atoms with Gasteiger partial charge >= 0.3 is 6.18 Å². The summed E-state index contributed by atoms with van der Waals surface area (Å²) < 4.78 is 52.6. The Hall–Kier alpha value is -3.17. The van der Waals surface area contributed by atoms with Gasteiger partial charge in [0.2, 0.25) is 0 Å². The van der Waals surface area contributed by atoms with Crippen molar-refractivity contribution in [2.24, 2.45) is 5.92 Å². The number of aromatic nitrogens is 4. The molecule has 2 aliphatic carbocycles. The van der Waals surface area contributed by atoms with Gasteiger partial charge in [-0.2, -0.15) is 13.2 Å². The number of piperidine rings is 1. The van der Waals surface area contributed by atoms with E-state index in [2.05, 4.69) is 20.3 Å². The van der Waals surface area contributed by atoms with Crippen molar-refractivity contribution in [3.63, 3.8) is 0 Å². The molecule has 3 fully saturated rings. The number of alkyl halides is 3. The molecule has 3 aromatic rings. The third-order valence-electron chi connectivity index (χ3n) is 7.09. The Morgan fingerprint density at radius 3 is 2.46 bits per heavy atom. The molecule has 0 aromatic carbocycles. The Bertz CT molecular complexity index is 1240. The maximum Gasteiger partial charge on any atom is 0.394 e. The van der Waals surface area contributed by atoms with Crippen LogP contribution < -0.4 is 5.32 Å². The Kier molecular flexibility index (Phi) is 7.62. The van der Waals surface area contributed by atoms with Crippen molar-refractivity contribution in [3.8, 4) is 11.5 Å². The molecule has 37 heavy (non-hydrogen) atoms. The third-order valence-corrected chi connectivity index (χ3v) is 7.09. The van der Waals surface area contributed by atoms with Crippen molar-refractivity contribution in [2.75, 3.05) is 25.0 Å². The molecule has 10 heteroatoms. The summed E-state index contributed by atoms with van der Waals surface area (Å²) in [5.74, 6) is 1.78. The lowest BCUT2D eigenvalue weighted by Crippen LogP contribution is -2.33. The lowest BCUT2D eigenvalue weighted by atomic mass is 9.88. The molecule has 0 radical (unpaired) electrons. The monoisotopic (exact) mass is 516 g/mol. The zero-order chi connectivity index (χ0) is 25.8. The molecule has 6 rings (SSSR count). The number of anilines is 1. The van der Waals surface area contributed by atoms with Crippen LogP contribution in [0.15, 0.2) is 48.1 Å². The lowest BCUT2D eigenvalue weighted by Gasteiger charge is -2.35. The van der Waals surface area contributed by atoms with E-state index in [1.807, 2.05) is 11.0 Å². The highest BCUT2D eigenvalue weighted by atomic mass is 19.4. The summed E-state index contributed by atoms with van der Waals surface area (Å²) in [4.78, 5) is 15.0. The first-order valence-electron chi connectivity index (χ1n) is 13.1. The summed E-state index contributed by atoms with van der Waals surface area (Å²) in [7, 11) is 0. The van der Waals surface area contributed by atoms with Crippen molar-refractivity contribution in [2.45, 2.75) is 64.0 Å². The second-order valence-electron chi connectivity index (χ2n) is 10.1. The number of hydrogen-bond acceptors (Lipinski definition) is 5. The number of nitrogens with zero attached hydrogens (tertiary/aromatic N) is 5. The van der Waals surface area contributed by atoms with Gasteiger partial charge in [0.25, 0.3) is 0 Å². The smallest absolute Gasteiger partial charge is 0.375 e. The quantitative estimate of drug-likeness (QED) is 0.374. The van der Waals surface area contributed by atoms with E-state index < -0.39 is 12.6 Å². The van der Waals surface area contributed by atoms with Gasteiger partial charge in [-0.3, -0.25) is 4.40 Å². The van der Waals surface area contributed by atoms with Crippen molar-refractivity contribution in [1.29, 1.82) is 0 Å². The first-order chi connectivity index (χ1) is 17.9. The van der Waals surface area contributed by atoms with Crippen LogP contribution in [0.5, 0.6) is 0 Å². The number of likely N-dealkylation sites (tertiary alicyclic amines) is 1. The van der Waals surface area contributed by atoms with E-state index in [0.29, 0.717) is 22.9 Å². The van der Waals surface area contributed by atoms with Gasteiger partial charge in [0.05, 0.1) is 12.6 Å². The largest absolute Gasteiger partial charge is 0.394 e. The first-order valence-corrected chi connectivity index (χ1v) is 13.1. The standard InChI is InChI=1S/C15H14FN5.C12H18F3N/c16-11-3-4-14-19-8-12(21(14)9-11)15-17-6-5-13(20-15)18-7-10-1-2-10;13-12(14,15)9-11(10-5-4-6-10)16-7-2-1-3-8-16/h3-6,8-10H,1-2,7H2,(H,17,18,20);1-9H2. The van der Waals surface area contributed by atoms with E-state index in [1.165, 1.54) is 25.1 Å². The Labute approximate surface area is 213 Å². The fourth-order valence-electron chi connectivity index (χ4n) is 4.73. The highest BCUT2D eigenvalue weighted by Gasteiger charge is 2.33. The van der Waals surface area contributed by atoms with Crippen LogP contribution in [0, 0.1) is 11.7 Å². The van der Waals surface area contributed by atoms with Crippen LogP contribution in [-0.2, 0) is 0 Å². The lowest BCUT2D eigenvalue weighted by molar-refractivity contribution is -0.131. The molecule has 4 heterocycles. The summed E-state index contributed by atoms with van der Waals surface area (Å²) in [5.41, 5.74) is 3.00. The summed E-state index contributed by atoms with van der Waals surface area (Å²) in [6.07, 6.45) is 8.60. The van der Waals surface area contributed by atoms with E-state index in [-0.39, 0.29) is 5.82 Å². The minimum atomic E-state index is -4.06. The average Bonchev–Trinajstić information content (AvgIpc) is 3.59. The van der Waals surface area contributed by atoms with Gasteiger partial charge in [-0.25, -0.2) is 19.3 Å². The highest BCUT2D eigenvalue weighted by Crippen LogP contribution is 2.37. The zero-order valence-corrected chi connectivity index (χ0v) is 20.8. The minimum Gasteiger partial charge on any atom is -0.375 e. The molecule has 1 saturated heterocycles. The summed E-state index contributed by atoms with van der Waals surface area (Å²) in [6.45, 7) is 2.57. The fraction of sp³-hybridized carbons (Fsp3) is 0.519. The van der Waals surface area contributed by atoms with E-state index in [4.69, 9.17) is 0 Å². The van der Waals surface area contributed by atoms with E-state index in [1.54, 1.807) is 22.9 Å². The fourth-order valence-corrected chi connectivity index (χ4v) is 4.73. The van der Waals surface area contributed by atoms with Crippen LogP contribution in [0.25, 0.3) is 17.2 Å². The summed E-state index contributed by atoms with van der Waals surface area (Å²) >= 11 is 0. The molecular weight excluding hydrogens is 484 g/mol. The molecule has 0 bridgehead atoms. The molecule has 0 unspecified atom stereocenters. The van der Waals surface area contributed by atoms with Crippen molar-refractivity contribution < 1.29 is 17.6 Å². The maximum atomic E-state index is 13.4. The molecule has 3 aromatic heterocycles. The van der Waals surface area contributed by atoms with Gasteiger partial charge in [-0.1, -0.05) is 5.57 Å². The van der Waals surface area contributed by atoms with Crippen LogP contribution >= 0.6 is 0 Å². The van der Waals surface area contributed by atoms with Gasteiger partial charge < -0.3 is 10.2 Å². The molecule has 198 valence electrons. The Morgan fingerprint density at radius 2 is 1.78 bits per heavy atom. The summed E-state index contributed by atoms with van der Waals surface area (Å²) in [5, 5.41) is 3.31. The van der Waals surface area contributed by atoms with Gasteiger partial charge in [0, 0.05) is 37.7 Å². The van der Waals surface area contributed by atoms with Crippen LogP contribution in [0.2, 0.25) is 0 Å². The van der Waals surface area contributed by atoms with Gasteiger partial charge in [0.1, 0.15) is 23.0 Å². The van der Waals surface area contributed by atoms with Gasteiger partial charge in [-0.15, -0.1) is 0 Å². The normalized spacial score (nSPS) is 17.7.